The van der Waals surface area contributed by atoms with Crippen LogP contribution in [0.1, 0.15) is 41.9 Å². The Morgan fingerprint density at radius 1 is 1.47 bits per heavy atom. The molecule has 0 unspecified atom stereocenters. The molecule has 1 aromatic rings. The first-order valence-corrected chi connectivity index (χ1v) is 5.80. The summed E-state index contributed by atoms with van der Waals surface area (Å²) in [6.07, 6.45) is 2.62. The molecule has 1 aliphatic carbocycles. The zero-order valence-electron chi connectivity index (χ0n) is 10.1. The molecule has 0 spiro atoms. The summed E-state index contributed by atoms with van der Waals surface area (Å²) in [5.74, 6) is 0.393. The quantitative estimate of drug-likeness (QED) is 0.781. The highest BCUT2D eigenvalue weighted by Gasteiger charge is 2.27. The lowest BCUT2D eigenvalue weighted by Crippen LogP contribution is -2.39. The fraction of sp³-hybridized carbons (Fsp3) is 0.583. The smallest absolute Gasteiger partial charge is 0.292 e. The van der Waals surface area contributed by atoms with Crippen LogP contribution in [-0.2, 0) is 4.79 Å². The number of amides is 1. The number of aromatic nitrogens is 1. The molecule has 5 nitrogen and oxygen atoms in total. The van der Waals surface area contributed by atoms with Gasteiger partial charge in [-0.1, -0.05) is 5.16 Å². The van der Waals surface area contributed by atoms with Gasteiger partial charge in [0.25, 0.3) is 5.91 Å². The Bertz CT molecular complexity index is 429. The van der Waals surface area contributed by atoms with Crippen molar-refractivity contribution in [1.82, 2.24) is 10.1 Å². The highest BCUT2D eigenvalue weighted by molar-refractivity contribution is 5.91. The predicted octanol–water partition coefficient (Wildman–Crippen LogP) is 1.57. The molecule has 0 saturated heterocycles. The Kier molecular flexibility index (Phi) is 3.26. The van der Waals surface area contributed by atoms with E-state index in [1.165, 1.54) is 0 Å². The number of carbonyl (C=O) groups is 2. The molecular formula is C12H16N2O3. The van der Waals surface area contributed by atoms with E-state index in [1.807, 2.05) is 0 Å². The van der Waals surface area contributed by atoms with Gasteiger partial charge in [0, 0.05) is 32.0 Å². The van der Waals surface area contributed by atoms with Gasteiger partial charge < -0.3 is 9.42 Å². The van der Waals surface area contributed by atoms with Gasteiger partial charge >= 0.3 is 0 Å². The van der Waals surface area contributed by atoms with Crippen LogP contribution in [0.25, 0.3) is 0 Å². The summed E-state index contributed by atoms with van der Waals surface area (Å²) in [7, 11) is 1.75. The van der Waals surface area contributed by atoms with Gasteiger partial charge in [-0.15, -0.1) is 0 Å². The summed E-state index contributed by atoms with van der Waals surface area (Å²) in [6, 6.07) is 1.76. The van der Waals surface area contributed by atoms with Gasteiger partial charge in [0.05, 0.1) is 5.69 Å². The highest BCUT2D eigenvalue weighted by atomic mass is 16.5. The number of carbonyl (C=O) groups excluding carboxylic acids is 2. The minimum Gasteiger partial charge on any atom is -0.351 e. The molecule has 1 aliphatic rings. The van der Waals surface area contributed by atoms with Crippen LogP contribution in [0.15, 0.2) is 10.6 Å². The molecule has 0 N–H and O–H groups in total. The lowest BCUT2D eigenvalue weighted by molar-refractivity contribution is -0.121. The van der Waals surface area contributed by atoms with Crippen molar-refractivity contribution >= 4 is 11.7 Å². The first-order chi connectivity index (χ1) is 8.08. The van der Waals surface area contributed by atoms with Gasteiger partial charge in [-0.05, 0) is 19.8 Å². The van der Waals surface area contributed by atoms with Crippen molar-refractivity contribution in [2.75, 3.05) is 7.05 Å². The topological polar surface area (TPSA) is 63.4 Å². The molecule has 1 fully saturated rings. The minimum absolute atomic E-state index is 0.130. The third kappa shape index (κ3) is 2.54. The molecule has 2 rings (SSSR count). The fourth-order valence-electron chi connectivity index (χ4n) is 2.12. The van der Waals surface area contributed by atoms with E-state index in [0.29, 0.717) is 18.5 Å². The first-order valence-electron chi connectivity index (χ1n) is 5.80. The minimum atomic E-state index is -0.162. The molecule has 1 aromatic heterocycles. The van der Waals surface area contributed by atoms with Crippen LogP contribution in [0.4, 0.5) is 0 Å². The number of hydrogen-bond acceptors (Lipinski definition) is 4. The van der Waals surface area contributed by atoms with Crippen molar-refractivity contribution < 1.29 is 14.1 Å². The fourth-order valence-corrected chi connectivity index (χ4v) is 2.12. The average molecular weight is 236 g/mol. The second-order valence-corrected chi connectivity index (χ2v) is 4.52. The van der Waals surface area contributed by atoms with Crippen molar-refractivity contribution in [3.8, 4) is 0 Å². The third-order valence-electron chi connectivity index (χ3n) is 3.22. The van der Waals surface area contributed by atoms with Crippen LogP contribution in [0.3, 0.4) is 0 Å². The van der Waals surface area contributed by atoms with Gasteiger partial charge in [0.1, 0.15) is 5.78 Å². The lowest BCUT2D eigenvalue weighted by Gasteiger charge is -2.29. The number of rotatable bonds is 2. The van der Waals surface area contributed by atoms with Crippen molar-refractivity contribution in [1.29, 1.82) is 0 Å². The SMILES string of the molecule is Cc1cc(C(=O)N(C)C2CCC(=O)CC2)on1. The Morgan fingerprint density at radius 2 is 2.12 bits per heavy atom. The molecule has 1 amide bonds. The number of Topliss-reactive ketones (excluding diaryl/α,β-unsaturated/α-hetero) is 1. The molecule has 1 saturated carbocycles. The summed E-state index contributed by atoms with van der Waals surface area (Å²) in [5, 5.41) is 3.70. The monoisotopic (exact) mass is 236 g/mol. The molecule has 17 heavy (non-hydrogen) atoms. The zero-order valence-corrected chi connectivity index (χ0v) is 10.1. The largest absolute Gasteiger partial charge is 0.351 e. The van der Waals surface area contributed by atoms with E-state index in [9.17, 15) is 9.59 Å². The predicted molar refractivity (Wildman–Crippen MR) is 60.6 cm³/mol. The van der Waals surface area contributed by atoms with Crippen molar-refractivity contribution in [2.24, 2.45) is 0 Å². The molecule has 0 aliphatic heterocycles. The summed E-state index contributed by atoms with van der Waals surface area (Å²) < 4.78 is 4.95. The summed E-state index contributed by atoms with van der Waals surface area (Å²) in [4.78, 5) is 24.8. The van der Waals surface area contributed by atoms with Crippen LogP contribution in [-0.4, -0.2) is 34.8 Å². The Hall–Kier alpha value is -1.65. The normalized spacial score (nSPS) is 17.2. The van der Waals surface area contributed by atoms with Gasteiger partial charge in [-0.2, -0.15) is 0 Å². The van der Waals surface area contributed by atoms with Crippen LogP contribution >= 0.6 is 0 Å². The van der Waals surface area contributed by atoms with Gasteiger partial charge in [-0.25, -0.2) is 0 Å². The van der Waals surface area contributed by atoms with E-state index in [2.05, 4.69) is 5.16 Å². The Labute approximate surface area is 99.8 Å². The maximum Gasteiger partial charge on any atom is 0.292 e. The van der Waals surface area contributed by atoms with Crippen molar-refractivity contribution in [2.45, 2.75) is 38.6 Å². The van der Waals surface area contributed by atoms with E-state index < -0.39 is 0 Å². The van der Waals surface area contributed by atoms with Crippen LogP contribution in [0.5, 0.6) is 0 Å². The van der Waals surface area contributed by atoms with Crippen LogP contribution in [0, 0.1) is 6.92 Å². The van der Waals surface area contributed by atoms with Crippen molar-refractivity contribution in [3.05, 3.63) is 17.5 Å². The maximum absolute atomic E-state index is 12.0. The Morgan fingerprint density at radius 3 is 2.65 bits per heavy atom. The molecule has 92 valence electrons. The summed E-state index contributed by atoms with van der Waals surface area (Å²) in [5.41, 5.74) is 0.695. The number of nitrogens with zero attached hydrogens (tertiary/aromatic N) is 2. The number of aryl methyl sites for hydroxylation is 1. The third-order valence-corrected chi connectivity index (χ3v) is 3.22. The van der Waals surface area contributed by atoms with E-state index >= 15 is 0 Å². The van der Waals surface area contributed by atoms with E-state index in [4.69, 9.17) is 4.52 Å². The second kappa shape index (κ2) is 4.69. The van der Waals surface area contributed by atoms with E-state index in [1.54, 1.807) is 24.9 Å². The lowest BCUT2D eigenvalue weighted by atomic mass is 9.93. The standard InChI is InChI=1S/C12H16N2O3/c1-8-7-11(17-13-8)12(16)14(2)9-3-5-10(15)6-4-9/h7,9H,3-6H2,1-2H3. The molecule has 0 bridgehead atoms. The van der Waals surface area contributed by atoms with E-state index in [0.717, 1.165) is 12.8 Å². The molecule has 1 heterocycles. The van der Waals surface area contributed by atoms with Crippen molar-refractivity contribution in [3.63, 3.8) is 0 Å². The highest BCUT2D eigenvalue weighted by Crippen LogP contribution is 2.21. The maximum atomic E-state index is 12.0. The number of hydrogen-bond donors (Lipinski definition) is 0. The summed E-state index contributed by atoms with van der Waals surface area (Å²) in [6.45, 7) is 1.78. The van der Waals surface area contributed by atoms with Gasteiger partial charge in [0.15, 0.2) is 0 Å². The molecule has 0 atom stereocenters. The molecule has 0 aromatic carbocycles. The zero-order chi connectivity index (χ0) is 12.4. The molecule has 0 radical (unpaired) electrons. The average Bonchev–Trinajstić information content (AvgIpc) is 2.75. The van der Waals surface area contributed by atoms with Gasteiger partial charge in [-0.3, -0.25) is 9.59 Å². The molecular weight excluding hydrogens is 220 g/mol. The first kappa shape index (κ1) is 11.8. The van der Waals surface area contributed by atoms with Gasteiger partial charge in [0.2, 0.25) is 5.76 Å². The van der Waals surface area contributed by atoms with E-state index in [-0.39, 0.29) is 23.5 Å². The second-order valence-electron chi connectivity index (χ2n) is 4.52. The number of ketones is 1. The molecule has 5 heteroatoms. The summed E-state index contributed by atoms with van der Waals surface area (Å²) >= 11 is 0. The Balaban J connectivity index is 2.02. The van der Waals surface area contributed by atoms with Crippen LogP contribution in [0.2, 0.25) is 0 Å². The van der Waals surface area contributed by atoms with Crippen LogP contribution < -0.4 is 0 Å².